The number of hydrogen-bond acceptors (Lipinski definition) is 3. The number of ether oxygens (including phenoxy) is 2. The van der Waals surface area contributed by atoms with E-state index in [-0.39, 0.29) is 6.10 Å². The molecule has 70 valence electrons. The van der Waals surface area contributed by atoms with Crippen LogP contribution >= 0.6 is 0 Å². The predicted molar refractivity (Wildman–Crippen MR) is 50.8 cm³/mol. The molecule has 0 fully saturated rings. The largest absolute Gasteiger partial charge is 0.508 e. The van der Waals surface area contributed by atoms with Gasteiger partial charge in [0.25, 0.3) is 0 Å². The highest BCUT2D eigenvalue weighted by atomic mass is 28.3. The molecular formula is C8H16O3Si. The lowest BCUT2D eigenvalue weighted by atomic mass is 10.5. The third kappa shape index (κ3) is 5.97. The van der Waals surface area contributed by atoms with Gasteiger partial charge in [0, 0.05) is 0 Å². The second-order valence-corrected chi connectivity index (χ2v) is 5.70. The number of carbonyl (C=O) groups excluding carboxylic acids is 1. The number of carbonyl (C=O) groups is 1. The lowest BCUT2D eigenvalue weighted by Crippen LogP contribution is -2.20. The highest BCUT2D eigenvalue weighted by Crippen LogP contribution is 1.94. The molecular weight excluding hydrogens is 172 g/mol. The Bertz CT molecular complexity index is 156. The summed E-state index contributed by atoms with van der Waals surface area (Å²) in [5.74, 6) is 0. The Hall–Kier alpha value is -0.773. The molecule has 0 amide bonds. The van der Waals surface area contributed by atoms with Crippen molar-refractivity contribution >= 4 is 15.0 Å². The van der Waals surface area contributed by atoms with Gasteiger partial charge in [-0.25, -0.2) is 4.79 Å². The summed E-state index contributed by atoms with van der Waals surface area (Å²) in [6.45, 7) is 9.25. The van der Waals surface area contributed by atoms with Crippen molar-refractivity contribution < 1.29 is 14.3 Å². The summed E-state index contributed by atoms with van der Waals surface area (Å²) >= 11 is 0. The van der Waals surface area contributed by atoms with Gasteiger partial charge >= 0.3 is 6.16 Å². The van der Waals surface area contributed by atoms with Crippen LogP contribution in [-0.2, 0) is 9.47 Å². The van der Waals surface area contributed by atoms with Crippen molar-refractivity contribution in [2.24, 2.45) is 0 Å². The van der Waals surface area contributed by atoms with E-state index in [4.69, 9.17) is 9.47 Å². The molecule has 0 aliphatic carbocycles. The molecule has 0 rings (SSSR count). The SMILES string of the molecule is C=C[SiH](C)COC(=O)OC(C)C. The van der Waals surface area contributed by atoms with Gasteiger partial charge in [0.15, 0.2) is 0 Å². The van der Waals surface area contributed by atoms with Crippen LogP contribution in [0.4, 0.5) is 4.79 Å². The van der Waals surface area contributed by atoms with Gasteiger partial charge in [-0.15, -0.1) is 12.3 Å². The second-order valence-electron chi connectivity index (χ2n) is 2.94. The first-order valence-electron chi connectivity index (χ1n) is 4.02. The smallest absolute Gasteiger partial charge is 0.438 e. The summed E-state index contributed by atoms with van der Waals surface area (Å²) in [5, 5.41) is 0. The van der Waals surface area contributed by atoms with E-state index in [0.717, 1.165) is 0 Å². The van der Waals surface area contributed by atoms with Crippen molar-refractivity contribution in [1.82, 2.24) is 0 Å². The minimum absolute atomic E-state index is 0.113. The molecule has 1 atom stereocenters. The molecule has 0 spiro atoms. The first-order chi connectivity index (χ1) is 5.56. The van der Waals surface area contributed by atoms with E-state index < -0.39 is 15.0 Å². The molecule has 0 aliphatic rings. The fraction of sp³-hybridized carbons (Fsp3) is 0.625. The molecule has 0 heterocycles. The van der Waals surface area contributed by atoms with Crippen LogP contribution in [0, 0.1) is 0 Å². The van der Waals surface area contributed by atoms with Gasteiger partial charge in [-0.05, 0) is 13.8 Å². The van der Waals surface area contributed by atoms with Crippen LogP contribution < -0.4 is 0 Å². The fourth-order valence-corrected chi connectivity index (χ4v) is 1.03. The van der Waals surface area contributed by atoms with Crippen LogP contribution in [-0.4, -0.2) is 27.3 Å². The molecule has 0 aromatic heterocycles. The monoisotopic (exact) mass is 188 g/mol. The van der Waals surface area contributed by atoms with Crippen molar-refractivity contribution in [3.05, 3.63) is 12.3 Å². The predicted octanol–water partition coefficient (Wildman–Crippen LogP) is 1.67. The molecule has 0 saturated heterocycles. The van der Waals surface area contributed by atoms with Gasteiger partial charge in [0.2, 0.25) is 0 Å². The van der Waals surface area contributed by atoms with Crippen LogP contribution in [0.15, 0.2) is 12.3 Å². The van der Waals surface area contributed by atoms with Gasteiger partial charge in [0.1, 0.15) is 8.80 Å². The first kappa shape index (κ1) is 11.2. The van der Waals surface area contributed by atoms with E-state index in [1.165, 1.54) is 0 Å². The van der Waals surface area contributed by atoms with Gasteiger partial charge in [0.05, 0.1) is 12.3 Å². The average molecular weight is 188 g/mol. The molecule has 3 nitrogen and oxygen atoms in total. The van der Waals surface area contributed by atoms with E-state index in [1.54, 1.807) is 13.8 Å². The van der Waals surface area contributed by atoms with Crippen LogP contribution in [0.3, 0.4) is 0 Å². The quantitative estimate of drug-likeness (QED) is 0.497. The Kier molecular flexibility index (Phi) is 5.45. The molecule has 0 bridgehead atoms. The van der Waals surface area contributed by atoms with E-state index in [1.807, 2.05) is 5.70 Å². The maximum atomic E-state index is 10.8. The van der Waals surface area contributed by atoms with Gasteiger partial charge < -0.3 is 9.47 Å². The van der Waals surface area contributed by atoms with Gasteiger partial charge in [-0.3, -0.25) is 0 Å². The molecule has 12 heavy (non-hydrogen) atoms. The molecule has 1 unspecified atom stereocenters. The summed E-state index contributed by atoms with van der Waals surface area (Å²) in [4.78, 5) is 10.8. The van der Waals surface area contributed by atoms with Crippen molar-refractivity contribution in [1.29, 1.82) is 0 Å². The zero-order valence-electron chi connectivity index (χ0n) is 7.87. The molecule has 0 aliphatic heterocycles. The minimum atomic E-state index is -1.04. The number of hydrogen-bond donors (Lipinski definition) is 0. The summed E-state index contributed by atoms with van der Waals surface area (Å²) in [5.41, 5.74) is 1.86. The Morgan fingerprint density at radius 2 is 2.25 bits per heavy atom. The lowest BCUT2D eigenvalue weighted by molar-refractivity contribution is 0.0445. The topological polar surface area (TPSA) is 35.5 Å². The highest BCUT2D eigenvalue weighted by molar-refractivity contribution is 6.62. The lowest BCUT2D eigenvalue weighted by Gasteiger charge is -2.09. The maximum absolute atomic E-state index is 10.8. The fourth-order valence-electron chi connectivity index (χ4n) is 0.494. The summed E-state index contributed by atoms with van der Waals surface area (Å²) in [6, 6.07) is 0. The van der Waals surface area contributed by atoms with E-state index in [9.17, 15) is 4.79 Å². The van der Waals surface area contributed by atoms with Crippen LogP contribution in [0.25, 0.3) is 0 Å². The van der Waals surface area contributed by atoms with Crippen molar-refractivity contribution in [3.63, 3.8) is 0 Å². The Labute approximate surface area is 75.0 Å². The maximum Gasteiger partial charge on any atom is 0.508 e. The van der Waals surface area contributed by atoms with Gasteiger partial charge in [-0.1, -0.05) is 6.55 Å². The third-order valence-corrected chi connectivity index (χ3v) is 2.70. The normalized spacial score (nSPS) is 12.3. The molecule has 0 aromatic carbocycles. The molecule has 4 heteroatoms. The molecule has 0 radical (unpaired) electrons. The minimum Gasteiger partial charge on any atom is -0.438 e. The summed E-state index contributed by atoms with van der Waals surface area (Å²) in [7, 11) is -1.04. The zero-order chi connectivity index (χ0) is 9.56. The average Bonchev–Trinajstić information content (AvgIpc) is 1.99. The molecule has 0 N–H and O–H groups in total. The van der Waals surface area contributed by atoms with E-state index in [0.29, 0.717) is 6.23 Å². The Morgan fingerprint density at radius 3 is 2.67 bits per heavy atom. The molecule has 0 saturated carbocycles. The van der Waals surface area contributed by atoms with Gasteiger partial charge in [-0.2, -0.15) is 0 Å². The van der Waals surface area contributed by atoms with Crippen molar-refractivity contribution in [2.75, 3.05) is 6.23 Å². The summed E-state index contributed by atoms with van der Waals surface area (Å²) in [6.07, 6.45) is -0.223. The Balaban J connectivity index is 3.50. The molecule has 0 aromatic rings. The Morgan fingerprint density at radius 1 is 1.67 bits per heavy atom. The third-order valence-electron chi connectivity index (χ3n) is 1.20. The second kappa shape index (κ2) is 5.82. The standard InChI is InChI=1S/C8H16O3Si/c1-5-12(4)6-10-8(9)11-7(2)3/h5,7,12H,1,6H2,2-4H3. The zero-order valence-corrected chi connectivity index (χ0v) is 9.03. The van der Waals surface area contributed by atoms with Crippen molar-refractivity contribution in [3.8, 4) is 0 Å². The number of rotatable bonds is 4. The van der Waals surface area contributed by atoms with Crippen LogP contribution in [0.2, 0.25) is 6.55 Å². The van der Waals surface area contributed by atoms with E-state index >= 15 is 0 Å². The van der Waals surface area contributed by atoms with Crippen LogP contribution in [0.5, 0.6) is 0 Å². The van der Waals surface area contributed by atoms with Crippen molar-refractivity contribution in [2.45, 2.75) is 26.5 Å². The summed E-state index contributed by atoms with van der Waals surface area (Å²) < 4.78 is 9.61. The first-order valence-corrected chi connectivity index (χ1v) is 6.66. The highest BCUT2D eigenvalue weighted by Gasteiger charge is 2.08. The van der Waals surface area contributed by atoms with E-state index in [2.05, 4.69) is 13.1 Å². The van der Waals surface area contributed by atoms with Crippen LogP contribution in [0.1, 0.15) is 13.8 Å².